The van der Waals surface area contributed by atoms with Crippen molar-refractivity contribution < 1.29 is 4.79 Å². The minimum absolute atomic E-state index is 0.380. The minimum atomic E-state index is -0.491. The van der Waals surface area contributed by atoms with Gasteiger partial charge in [-0.3, -0.25) is 9.89 Å². The number of H-pyrrole nitrogens is 1. The first-order valence-electron chi connectivity index (χ1n) is 4.59. The number of amides is 1. The van der Waals surface area contributed by atoms with Crippen LogP contribution in [0.2, 0.25) is 0 Å². The topological polar surface area (TPSA) is 110 Å². The van der Waals surface area contributed by atoms with E-state index in [0.717, 1.165) is 0 Å². The van der Waals surface area contributed by atoms with Crippen molar-refractivity contribution in [1.29, 1.82) is 0 Å². The van der Waals surface area contributed by atoms with E-state index in [1.807, 2.05) is 0 Å². The van der Waals surface area contributed by atoms with Gasteiger partial charge >= 0.3 is 0 Å². The molecular formula is C9H10N6O. The van der Waals surface area contributed by atoms with Crippen LogP contribution >= 0.6 is 0 Å². The molecule has 0 aromatic carbocycles. The smallest absolute Gasteiger partial charge is 0.250 e. The Morgan fingerprint density at radius 1 is 1.44 bits per heavy atom. The van der Waals surface area contributed by atoms with Crippen LogP contribution in [-0.2, 0) is 6.54 Å². The van der Waals surface area contributed by atoms with Crippen molar-refractivity contribution >= 4 is 11.7 Å². The molecule has 0 saturated heterocycles. The van der Waals surface area contributed by atoms with Crippen LogP contribution in [-0.4, -0.2) is 26.1 Å². The Bertz CT molecular complexity index is 463. The Kier molecular flexibility index (Phi) is 2.77. The van der Waals surface area contributed by atoms with Crippen LogP contribution in [0.5, 0.6) is 0 Å². The molecule has 16 heavy (non-hydrogen) atoms. The minimum Gasteiger partial charge on any atom is -0.366 e. The van der Waals surface area contributed by atoms with Crippen LogP contribution in [0.4, 0.5) is 5.82 Å². The number of aromatic nitrogens is 4. The Morgan fingerprint density at radius 3 is 2.88 bits per heavy atom. The van der Waals surface area contributed by atoms with Gasteiger partial charge in [-0.2, -0.15) is 5.10 Å². The first kappa shape index (κ1) is 10.1. The van der Waals surface area contributed by atoms with Gasteiger partial charge in [0.1, 0.15) is 18.0 Å². The molecule has 2 aromatic rings. The number of anilines is 1. The van der Waals surface area contributed by atoms with E-state index in [4.69, 9.17) is 5.73 Å². The van der Waals surface area contributed by atoms with Gasteiger partial charge in [0, 0.05) is 6.20 Å². The number of hydrogen-bond acceptors (Lipinski definition) is 5. The summed E-state index contributed by atoms with van der Waals surface area (Å²) in [6.45, 7) is 0.489. The number of carbonyl (C=O) groups excluding carboxylic acids is 1. The molecule has 0 atom stereocenters. The van der Waals surface area contributed by atoms with Gasteiger partial charge in [0.25, 0.3) is 0 Å². The number of nitrogens with zero attached hydrogens (tertiary/aromatic N) is 3. The second-order valence-corrected chi connectivity index (χ2v) is 3.08. The predicted molar refractivity (Wildman–Crippen MR) is 56.5 cm³/mol. The lowest BCUT2D eigenvalue weighted by atomic mass is 10.3. The van der Waals surface area contributed by atoms with E-state index in [9.17, 15) is 4.79 Å². The zero-order valence-electron chi connectivity index (χ0n) is 8.34. The van der Waals surface area contributed by atoms with Crippen LogP contribution < -0.4 is 11.1 Å². The van der Waals surface area contributed by atoms with E-state index in [0.29, 0.717) is 23.8 Å². The average Bonchev–Trinajstić information content (AvgIpc) is 2.80. The Morgan fingerprint density at radius 2 is 2.31 bits per heavy atom. The number of rotatable bonds is 4. The molecule has 0 saturated carbocycles. The van der Waals surface area contributed by atoms with Gasteiger partial charge in [-0.15, -0.1) is 0 Å². The van der Waals surface area contributed by atoms with Crippen molar-refractivity contribution in [2.24, 2.45) is 5.73 Å². The molecule has 2 heterocycles. The number of pyridine rings is 1. The van der Waals surface area contributed by atoms with Crippen LogP contribution in [0.15, 0.2) is 24.7 Å². The molecule has 7 heteroatoms. The number of nitrogens with one attached hydrogen (secondary N) is 2. The van der Waals surface area contributed by atoms with Crippen molar-refractivity contribution in [3.05, 3.63) is 36.0 Å². The lowest BCUT2D eigenvalue weighted by Crippen LogP contribution is -2.11. The molecule has 0 spiro atoms. The summed E-state index contributed by atoms with van der Waals surface area (Å²) in [5.41, 5.74) is 5.47. The van der Waals surface area contributed by atoms with Gasteiger partial charge in [-0.1, -0.05) is 0 Å². The van der Waals surface area contributed by atoms with Crippen LogP contribution in [0.25, 0.3) is 0 Å². The molecule has 0 radical (unpaired) electrons. The number of nitrogens with two attached hydrogens (primary N) is 1. The first-order chi connectivity index (χ1) is 7.75. The molecule has 4 N–H and O–H groups in total. The van der Waals surface area contributed by atoms with E-state index in [1.165, 1.54) is 12.5 Å². The summed E-state index contributed by atoms with van der Waals surface area (Å²) in [4.78, 5) is 18.8. The molecule has 0 unspecified atom stereocenters. The lowest BCUT2D eigenvalue weighted by Gasteiger charge is -2.03. The zero-order valence-corrected chi connectivity index (χ0v) is 8.34. The molecule has 2 aromatic heterocycles. The number of aromatic amines is 1. The molecule has 0 fully saturated rings. The van der Waals surface area contributed by atoms with Crippen molar-refractivity contribution in [3.8, 4) is 0 Å². The van der Waals surface area contributed by atoms with E-state index < -0.39 is 5.91 Å². The van der Waals surface area contributed by atoms with E-state index in [-0.39, 0.29) is 0 Å². The fourth-order valence-electron chi connectivity index (χ4n) is 1.13. The third-order valence-electron chi connectivity index (χ3n) is 1.95. The molecule has 0 aliphatic heterocycles. The van der Waals surface area contributed by atoms with Crippen LogP contribution in [0.3, 0.4) is 0 Å². The van der Waals surface area contributed by atoms with E-state index in [1.54, 1.807) is 12.1 Å². The van der Waals surface area contributed by atoms with Crippen molar-refractivity contribution in [3.63, 3.8) is 0 Å². The summed E-state index contributed by atoms with van der Waals surface area (Å²) in [5, 5.41) is 9.44. The van der Waals surface area contributed by atoms with Crippen LogP contribution in [0, 0.1) is 0 Å². The van der Waals surface area contributed by atoms with Gasteiger partial charge < -0.3 is 11.1 Å². The summed E-state index contributed by atoms with van der Waals surface area (Å²) in [6.07, 6.45) is 2.85. The quantitative estimate of drug-likeness (QED) is 0.664. The SMILES string of the molecule is NC(=O)c1ccc(NCc2ncn[nH]2)nc1. The van der Waals surface area contributed by atoms with Gasteiger partial charge in [0.05, 0.1) is 12.1 Å². The summed E-state index contributed by atoms with van der Waals surface area (Å²) < 4.78 is 0. The Hall–Kier alpha value is -2.44. The number of primary amides is 1. The second kappa shape index (κ2) is 4.39. The van der Waals surface area contributed by atoms with Crippen molar-refractivity contribution in [2.45, 2.75) is 6.54 Å². The highest BCUT2D eigenvalue weighted by Gasteiger charge is 2.01. The maximum atomic E-state index is 10.8. The lowest BCUT2D eigenvalue weighted by molar-refractivity contribution is 0.1000. The monoisotopic (exact) mass is 218 g/mol. The van der Waals surface area contributed by atoms with Crippen molar-refractivity contribution in [2.75, 3.05) is 5.32 Å². The zero-order chi connectivity index (χ0) is 11.4. The maximum absolute atomic E-state index is 10.8. The molecule has 1 amide bonds. The number of carbonyl (C=O) groups is 1. The first-order valence-corrected chi connectivity index (χ1v) is 4.59. The van der Waals surface area contributed by atoms with Crippen LogP contribution in [0.1, 0.15) is 16.2 Å². The Labute approximate surface area is 91.1 Å². The highest BCUT2D eigenvalue weighted by atomic mass is 16.1. The normalized spacial score (nSPS) is 10.0. The fraction of sp³-hybridized carbons (Fsp3) is 0.111. The van der Waals surface area contributed by atoms with Gasteiger partial charge in [0.2, 0.25) is 5.91 Å². The molecule has 0 bridgehead atoms. The second-order valence-electron chi connectivity index (χ2n) is 3.08. The predicted octanol–water partition coefficient (Wildman–Crippen LogP) is -0.0893. The van der Waals surface area contributed by atoms with Crippen molar-refractivity contribution in [1.82, 2.24) is 20.2 Å². The third-order valence-corrected chi connectivity index (χ3v) is 1.95. The fourth-order valence-corrected chi connectivity index (χ4v) is 1.13. The largest absolute Gasteiger partial charge is 0.366 e. The highest BCUT2D eigenvalue weighted by molar-refractivity contribution is 5.92. The summed E-state index contributed by atoms with van der Waals surface area (Å²) in [5.74, 6) is 0.858. The molecular weight excluding hydrogens is 208 g/mol. The van der Waals surface area contributed by atoms with E-state index >= 15 is 0 Å². The maximum Gasteiger partial charge on any atom is 0.250 e. The molecule has 0 aliphatic rings. The molecule has 82 valence electrons. The van der Waals surface area contributed by atoms with Gasteiger partial charge in [0.15, 0.2) is 0 Å². The molecule has 2 rings (SSSR count). The molecule has 0 aliphatic carbocycles. The summed E-state index contributed by atoms with van der Waals surface area (Å²) in [7, 11) is 0. The average molecular weight is 218 g/mol. The highest BCUT2D eigenvalue weighted by Crippen LogP contribution is 2.05. The molecule has 7 nitrogen and oxygen atoms in total. The van der Waals surface area contributed by atoms with E-state index in [2.05, 4.69) is 25.5 Å². The third kappa shape index (κ3) is 2.32. The summed E-state index contributed by atoms with van der Waals surface area (Å²) in [6, 6.07) is 3.29. The van der Waals surface area contributed by atoms with Gasteiger partial charge in [-0.05, 0) is 12.1 Å². The Balaban J connectivity index is 1.98. The van der Waals surface area contributed by atoms with Gasteiger partial charge in [-0.25, -0.2) is 9.97 Å². The number of hydrogen-bond donors (Lipinski definition) is 3. The standard InChI is InChI=1S/C9H10N6O/c10-9(16)6-1-2-7(11-3-6)12-4-8-13-5-14-15-8/h1-3,5H,4H2,(H2,10,16)(H,11,12)(H,13,14,15). The summed E-state index contributed by atoms with van der Waals surface area (Å²) >= 11 is 0.